The van der Waals surface area contributed by atoms with E-state index in [1.807, 2.05) is 47.8 Å². The van der Waals surface area contributed by atoms with Crippen LogP contribution < -0.4 is 5.73 Å². The number of nitrogens with two attached hydrogens (primary N) is 1. The van der Waals surface area contributed by atoms with Crippen LogP contribution >= 0.6 is 11.3 Å². The molecule has 1 heterocycles. The van der Waals surface area contributed by atoms with Crippen molar-refractivity contribution in [2.45, 2.75) is 19.3 Å². The lowest BCUT2D eigenvalue weighted by Crippen LogP contribution is -2.13. The molecule has 4 rings (SSSR count). The number of aromatic nitrogens is 1. The van der Waals surface area contributed by atoms with E-state index in [2.05, 4.69) is 4.98 Å². The maximum absolute atomic E-state index is 13.0. The minimum absolute atomic E-state index is 0.0684. The summed E-state index contributed by atoms with van der Waals surface area (Å²) in [5, 5.41) is 2.63. The van der Waals surface area contributed by atoms with Crippen LogP contribution in [-0.2, 0) is 24.1 Å². The lowest BCUT2D eigenvalue weighted by atomic mass is 9.97. The summed E-state index contributed by atoms with van der Waals surface area (Å²) in [6.07, 6.45) is 1.85. The van der Waals surface area contributed by atoms with E-state index in [4.69, 9.17) is 5.73 Å². The standard InChI is InChI=1S/C20H16N2O2S/c21-18(23)10-15-11-25-20(22-15)14-8-7-13-6-5-12-3-1-2-4-16(12)19(24)17(13)9-14/h1-4,7-9,11H,5-6,10H2,(H2,21,23). The molecule has 0 bridgehead atoms. The molecular weight excluding hydrogens is 332 g/mol. The van der Waals surface area contributed by atoms with Gasteiger partial charge in [0.15, 0.2) is 5.78 Å². The van der Waals surface area contributed by atoms with Gasteiger partial charge in [-0.3, -0.25) is 9.59 Å². The van der Waals surface area contributed by atoms with Crippen LogP contribution in [0.2, 0.25) is 0 Å². The van der Waals surface area contributed by atoms with Crippen LogP contribution in [0.1, 0.15) is 32.7 Å². The molecule has 2 aromatic carbocycles. The van der Waals surface area contributed by atoms with E-state index in [0.717, 1.165) is 45.7 Å². The first-order chi connectivity index (χ1) is 12.1. The average molecular weight is 348 g/mol. The molecule has 5 heteroatoms. The summed E-state index contributed by atoms with van der Waals surface area (Å²) in [5.74, 6) is -0.329. The van der Waals surface area contributed by atoms with Crippen molar-refractivity contribution in [1.82, 2.24) is 4.98 Å². The molecule has 25 heavy (non-hydrogen) atoms. The normalized spacial score (nSPS) is 13.0. The number of amides is 1. The zero-order valence-corrected chi connectivity index (χ0v) is 14.3. The van der Waals surface area contributed by atoms with E-state index in [0.29, 0.717) is 5.69 Å². The molecule has 3 aromatic rings. The second-order valence-electron chi connectivity index (χ2n) is 6.15. The second kappa shape index (κ2) is 6.26. The van der Waals surface area contributed by atoms with Crippen molar-refractivity contribution in [1.29, 1.82) is 0 Å². The number of hydrogen-bond donors (Lipinski definition) is 1. The summed E-state index contributed by atoms with van der Waals surface area (Å²) in [4.78, 5) is 28.5. The van der Waals surface area contributed by atoms with Crippen LogP contribution in [0.4, 0.5) is 0 Å². The van der Waals surface area contributed by atoms with Crippen LogP contribution in [0.15, 0.2) is 47.8 Å². The van der Waals surface area contributed by atoms with Crippen molar-refractivity contribution in [2.75, 3.05) is 0 Å². The average Bonchev–Trinajstić information content (AvgIpc) is 3.01. The molecule has 0 unspecified atom stereocenters. The molecule has 0 saturated carbocycles. The fraction of sp³-hybridized carbons (Fsp3) is 0.150. The molecule has 0 radical (unpaired) electrons. The molecular formula is C20H16N2O2S. The smallest absolute Gasteiger partial charge is 0.223 e. The highest BCUT2D eigenvalue weighted by Gasteiger charge is 2.21. The largest absolute Gasteiger partial charge is 0.369 e. The summed E-state index contributed by atoms with van der Waals surface area (Å²) < 4.78 is 0. The van der Waals surface area contributed by atoms with E-state index < -0.39 is 5.91 Å². The van der Waals surface area contributed by atoms with Gasteiger partial charge in [0.1, 0.15) is 5.01 Å². The van der Waals surface area contributed by atoms with Crippen molar-refractivity contribution >= 4 is 23.0 Å². The molecule has 0 fully saturated rings. The zero-order valence-electron chi connectivity index (χ0n) is 13.5. The summed E-state index contributed by atoms with van der Waals surface area (Å²) in [6.45, 7) is 0. The van der Waals surface area contributed by atoms with E-state index in [-0.39, 0.29) is 12.2 Å². The topological polar surface area (TPSA) is 73.1 Å². The number of hydrogen-bond acceptors (Lipinski definition) is 4. The van der Waals surface area contributed by atoms with E-state index in [1.165, 1.54) is 11.3 Å². The molecule has 4 nitrogen and oxygen atoms in total. The molecule has 1 aliphatic rings. The fourth-order valence-electron chi connectivity index (χ4n) is 3.21. The Labute approximate surface area is 149 Å². The van der Waals surface area contributed by atoms with Gasteiger partial charge in [0.2, 0.25) is 5.91 Å². The predicted octanol–water partition coefficient (Wildman–Crippen LogP) is 3.17. The molecule has 1 amide bonds. The number of aryl methyl sites for hydroxylation is 2. The number of benzene rings is 2. The van der Waals surface area contributed by atoms with Gasteiger partial charge in [-0.1, -0.05) is 36.4 Å². The third-order valence-corrected chi connectivity index (χ3v) is 5.37. The maximum atomic E-state index is 13.0. The minimum atomic E-state index is -0.398. The molecule has 0 saturated heterocycles. The van der Waals surface area contributed by atoms with E-state index in [9.17, 15) is 9.59 Å². The third-order valence-electron chi connectivity index (χ3n) is 4.43. The van der Waals surface area contributed by atoms with Crippen LogP contribution in [0, 0.1) is 0 Å². The number of carbonyl (C=O) groups is 2. The summed E-state index contributed by atoms with van der Waals surface area (Å²) in [7, 11) is 0. The van der Waals surface area contributed by atoms with Crippen LogP contribution in [0.25, 0.3) is 10.6 Å². The lowest BCUT2D eigenvalue weighted by molar-refractivity contribution is -0.117. The first-order valence-corrected chi connectivity index (χ1v) is 8.98. The van der Waals surface area contributed by atoms with Gasteiger partial charge in [-0.2, -0.15) is 0 Å². The van der Waals surface area contributed by atoms with Gasteiger partial charge in [-0.15, -0.1) is 11.3 Å². The molecule has 124 valence electrons. The molecule has 1 aromatic heterocycles. The van der Waals surface area contributed by atoms with Gasteiger partial charge in [0.25, 0.3) is 0 Å². The summed E-state index contributed by atoms with van der Waals surface area (Å²) >= 11 is 1.46. The Morgan fingerprint density at radius 3 is 2.64 bits per heavy atom. The monoisotopic (exact) mass is 348 g/mol. The Balaban J connectivity index is 1.74. The van der Waals surface area contributed by atoms with Crippen LogP contribution in [0.5, 0.6) is 0 Å². The number of thiazole rings is 1. The molecule has 1 aliphatic carbocycles. The quantitative estimate of drug-likeness (QED) is 0.790. The highest BCUT2D eigenvalue weighted by molar-refractivity contribution is 7.13. The maximum Gasteiger partial charge on any atom is 0.223 e. The van der Waals surface area contributed by atoms with Gasteiger partial charge in [-0.05, 0) is 30.0 Å². The van der Waals surface area contributed by atoms with Crippen LogP contribution in [0.3, 0.4) is 0 Å². The zero-order chi connectivity index (χ0) is 17.4. The van der Waals surface area contributed by atoms with Crippen molar-refractivity contribution in [2.24, 2.45) is 5.73 Å². The predicted molar refractivity (Wildman–Crippen MR) is 97.7 cm³/mol. The number of rotatable bonds is 3. The number of nitrogens with zero attached hydrogens (tertiary/aromatic N) is 1. The highest BCUT2D eigenvalue weighted by atomic mass is 32.1. The first-order valence-electron chi connectivity index (χ1n) is 8.10. The van der Waals surface area contributed by atoms with Gasteiger partial charge in [0.05, 0.1) is 12.1 Å². The highest BCUT2D eigenvalue weighted by Crippen LogP contribution is 2.30. The SMILES string of the molecule is NC(=O)Cc1csc(-c2ccc3c(c2)C(=O)c2ccccc2CC3)n1. The van der Waals surface area contributed by atoms with Gasteiger partial charge in [0, 0.05) is 22.1 Å². The van der Waals surface area contributed by atoms with Crippen molar-refractivity contribution in [3.05, 3.63) is 75.8 Å². The van der Waals surface area contributed by atoms with Crippen molar-refractivity contribution < 1.29 is 9.59 Å². The Bertz CT molecular complexity index is 991. The van der Waals surface area contributed by atoms with Gasteiger partial charge < -0.3 is 5.73 Å². The first kappa shape index (κ1) is 15.7. The Hall–Kier alpha value is -2.79. The van der Waals surface area contributed by atoms with Gasteiger partial charge >= 0.3 is 0 Å². The fourth-order valence-corrected chi connectivity index (χ4v) is 4.03. The van der Waals surface area contributed by atoms with Crippen molar-refractivity contribution in [3.63, 3.8) is 0 Å². The molecule has 0 atom stereocenters. The Morgan fingerprint density at radius 1 is 1.08 bits per heavy atom. The van der Waals surface area contributed by atoms with Gasteiger partial charge in [-0.25, -0.2) is 4.98 Å². The number of carbonyl (C=O) groups excluding carboxylic acids is 2. The second-order valence-corrected chi connectivity index (χ2v) is 7.00. The van der Waals surface area contributed by atoms with Crippen molar-refractivity contribution in [3.8, 4) is 10.6 Å². The lowest BCUT2D eigenvalue weighted by Gasteiger charge is -2.07. The third kappa shape index (κ3) is 2.98. The molecule has 0 spiro atoms. The molecule has 2 N–H and O–H groups in total. The molecule has 0 aliphatic heterocycles. The number of ketones is 1. The Kier molecular flexibility index (Phi) is 3.93. The van der Waals surface area contributed by atoms with Crippen LogP contribution in [-0.4, -0.2) is 16.7 Å². The van der Waals surface area contributed by atoms with E-state index in [1.54, 1.807) is 0 Å². The Morgan fingerprint density at radius 2 is 1.84 bits per heavy atom. The number of fused-ring (bicyclic) bond motifs is 2. The summed E-state index contributed by atoms with van der Waals surface area (Å²) in [5.41, 5.74) is 10.5. The minimum Gasteiger partial charge on any atom is -0.369 e. The van der Waals surface area contributed by atoms with E-state index >= 15 is 0 Å². The number of primary amides is 1. The summed E-state index contributed by atoms with van der Waals surface area (Å²) in [6, 6.07) is 13.7.